The molecule has 0 spiro atoms. The number of rotatable bonds is 5. The molecule has 6 heteroatoms. The van der Waals surface area contributed by atoms with Crippen molar-refractivity contribution in [2.24, 2.45) is 0 Å². The van der Waals surface area contributed by atoms with Crippen molar-refractivity contribution in [1.29, 1.82) is 0 Å². The van der Waals surface area contributed by atoms with Gasteiger partial charge < -0.3 is 10.4 Å². The topological polar surface area (TPSA) is 66.4 Å². The van der Waals surface area contributed by atoms with E-state index in [0.717, 1.165) is 17.3 Å². The van der Waals surface area contributed by atoms with E-state index in [2.05, 4.69) is 5.32 Å². The van der Waals surface area contributed by atoms with Gasteiger partial charge in [0.05, 0.1) is 11.0 Å². The zero-order chi connectivity index (χ0) is 13.7. The molecule has 0 fully saturated rings. The SMILES string of the molecule is Cc1ccc(NC(=O)CSC(C)C(=O)O)cc1Cl. The van der Waals surface area contributed by atoms with Gasteiger partial charge >= 0.3 is 5.97 Å². The van der Waals surface area contributed by atoms with Crippen LogP contribution in [0.15, 0.2) is 18.2 Å². The highest BCUT2D eigenvalue weighted by atomic mass is 35.5. The Morgan fingerprint density at radius 1 is 1.50 bits per heavy atom. The van der Waals surface area contributed by atoms with Gasteiger partial charge in [0.25, 0.3) is 0 Å². The van der Waals surface area contributed by atoms with E-state index in [1.54, 1.807) is 19.1 Å². The molecule has 0 heterocycles. The predicted octanol–water partition coefficient (Wildman–Crippen LogP) is 2.79. The molecule has 0 saturated heterocycles. The normalized spacial score (nSPS) is 11.9. The van der Waals surface area contributed by atoms with Gasteiger partial charge in [-0.15, -0.1) is 11.8 Å². The number of hydrogen-bond acceptors (Lipinski definition) is 3. The minimum absolute atomic E-state index is 0.0962. The summed E-state index contributed by atoms with van der Waals surface area (Å²) in [5, 5.41) is 11.3. The minimum atomic E-state index is -0.925. The first-order valence-electron chi connectivity index (χ1n) is 5.30. The molecule has 0 radical (unpaired) electrons. The molecule has 0 aliphatic carbocycles. The summed E-state index contributed by atoms with van der Waals surface area (Å²) >= 11 is 7.01. The number of benzene rings is 1. The van der Waals surface area contributed by atoms with E-state index in [0.29, 0.717) is 10.7 Å². The third-order valence-corrected chi connectivity index (χ3v) is 3.81. The van der Waals surface area contributed by atoms with E-state index in [4.69, 9.17) is 16.7 Å². The van der Waals surface area contributed by atoms with Crippen molar-refractivity contribution < 1.29 is 14.7 Å². The second-order valence-electron chi connectivity index (χ2n) is 3.80. The molecule has 0 aliphatic heterocycles. The van der Waals surface area contributed by atoms with Gasteiger partial charge in [-0.1, -0.05) is 17.7 Å². The summed E-state index contributed by atoms with van der Waals surface area (Å²) in [6, 6.07) is 5.23. The van der Waals surface area contributed by atoms with Gasteiger partial charge in [-0.05, 0) is 31.5 Å². The van der Waals surface area contributed by atoms with Gasteiger partial charge in [0, 0.05) is 10.7 Å². The summed E-state index contributed by atoms with van der Waals surface area (Å²) in [6.45, 7) is 3.42. The fraction of sp³-hybridized carbons (Fsp3) is 0.333. The molecule has 1 aromatic carbocycles. The van der Waals surface area contributed by atoms with Crippen LogP contribution in [0.1, 0.15) is 12.5 Å². The number of carboxylic acid groups (broad SMARTS) is 1. The Bertz CT molecular complexity index is 465. The van der Waals surface area contributed by atoms with Crippen LogP contribution in [0.2, 0.25) is 5.02 Å². The Balaban J connectivity index is 2.49. The summed E-state index contributed by atoms with van der Waals surface area (Å²) < 4.78 is 0. The predicted molar refractivity (Wildman–Crippen MR) is 74.4 cm³/mol. The van der Waals surface area contributed by atoms with Gasteiger partial charge in [0.2, 0.25) is 5.91 Å². The van der Waals surface area contributed by atoms with Crippen LogP contribution in [0.3, 0.4) is 0 Å². The maximum absolute atomic E-state index is 11.6. The number of anilines is 1. The van der Waals surface area contributed by atoms with Gasteiger partial charge in [-0.3, -0.25) is 9.59 Å². The monoisotopic (exact) mass is 287 g/mol. The zero-order valence-corrected chi connectivity index (χ0v) is 11.6. The quantitative estimate of drug-likeness (QED) is 0.874. The number of hydrogen-bond donors (Lipinski definition) is 2. The Hall–Kier alpha value is -1.20. The van der Waals surface area contributed by atoms with Crippen LogP contribution < -0.4 is 5.32 Å². The van der Waals surface area contributed by atoms with Gasteiger partial charge in [0.15, 0.2) is 0 Å². The number of carbonyl (C=O) groups excluding carboxylic acids is 1. The van der Waals surface area contributed by atoms with E-state index < -0.39 is 11.2 Å². The second kappa shape index (κ2) is 6.66. The average molecular weight is 288 g/mol. The van der Waals surface area contributed by atoms with Crippen molar-refractivity contribution in [3.8, 4) is 0 Å². The van der Waals surface area contributed by atoms with Crippen LogP contribution in [0.25, 0.3) is 0 Å². The molecule has 0 saturated carbocycles. The third kappa shape index (κ3) is 4.58. The molecular formula is C12H14ClNO3S. The molecule has 1 rings (SSSR count). The standard InChI is InChI=1S/C12H14ClNO3S/c1-7-3-4-9(5-10(7)13)14-11(15)6-18-8(2)12(16)17/h3-5,8H,6H2,1-2H3,(H,14,15)(H,16,17). The van der Waals surface area contributed by atoms with Crippen molar-refractivity contribution in [3.05, 3.63) is 28.8 Å². The van der Waals surface area contributed by atoms with E-state index >= 15 is 0 Å². The molecule has 1 aromatic rings. The molecule has 4 nitrogen and oxygen atoms in total. The molecule has 0 bridgehead atoms. The summed E-state index contributed by atoms with van der Waals surface area (Å²) in [5.41, 5.74) is 1.54. The molecule has 0 aromatic heterocycles. The number of thioether (sulfide) groups is 1. The van der Waals surface area contributed by atoms with Gasteiger partial charge in [-0.25, -0.2) is 0 Å². The molecule has 1 atom stereocenters. The first-order chi connectivity index (χ1) is 8.40. The van der Waals surface area contributed by atoms with E-state index in [1.165, 1.54) is 0 Å². The van der Waals surface area contributed by atoms with Crippen LogP contribution in [0.4, 0.5) is 5.69 Å². The number of carboxylic acids is 1. The lowest BCUT2D eigenvalue weighted by Crippen LogP contribution is -2.19. The fourth-order valence-electron chi connectivity index (χ4n) is 1.14. The summed E-state index contributed by atoms with van der Waals surface area (Å²) in [6.07, 6.45) is 0. The molecular weight excluding hydrogens is 274 g/mol. The van der Waals surface area contributed by atoms with Gasteiger partial charge in [0.1, 0.15) is 0 Å². The lowest BCUT2D eigenvalue weighted by atomic mass is 10.2. The number of aryl methyl sites for hydroxylation is 1. The second-order valence-corrected chi connectivity index (χ2v) is 5.54. The third-order valence-electron chi connectivity index (χ3n) is 2.27. The summed E-state index contributed by atoms with van der Waals surface area (Å²) in [4.78, 5) is 22.2. The van der Waals surface area contributed by atoms with Crippen LogP contribution in [-0.4, -0.2) is 28.0 Å². The van der Waals surface area contributed by atoms with Crippen molar-refractivity contribution in [2.75, 3.05) is 11.1 Å². The highest BCUT2D eigenvalue weighted by molar-refractivity contribution is 8.01. The number of aliphatic carboxylic acids is 1. The number of halogens is 1. The maximum atomic E-state index is 11.6. The molecule has 2 N–H and O–H groups in total. The van der Waals surface area contributed by atoms with Crippen LogP contribution in [0, 0.1) is 6.92 Å². The molecule has 1 unspecified atom stereocenters. The Morgan fingerprint density at radius 2 is 2.17 bits per heavy atom. The number of carbonyl (C=O) groups is 2. The Labute approximate surface area is 115 Å². The highest BCUT2D eigenvalue weighted by Crippen LogP contribution is 2.20. The average Bonchev–Trinajstić information content (AvgIpc) is 2.30. The Kier molecular flexibility index (Phi) is 5.50. The summed E-state index contributed by atoms with van der Waals surface area (Å²) in [7, 11) is 0. The lowest BCUT2D eigenvalue weighted by molar-refractivity contribution is -0.136. The summed E-state index contributed by atoms with van der Waals surface area (Å²) in [5.74, 6) is -1.07. The number of nitrogens with one attached hydrogen (secondary N) is 1. The van der Waals surface area contributed by atoms with E-state index in [1.807, 2.05) is 13.0 Å². The van der Waals surface area contributed by atoms with Crippen LogP contribution in [0.5, 0.6) is 0 Å². The molecule has 0 aliphatic rings. The zero-order valence-electron chi connectivity index (χ0n) is 10.1. The van der Waals surface area contributed by atoms with Crippen LogP contribution in [-0.2, 0) is 9.59 Å². The van der Waals surface area contributed by atoms with Gasteiger partial charge in [-0.2, -0.15) is 0 Å². The van der Waals surface area contributed by atoms with Crippen LogP contribution >= 0.6 is 23.4 Å². The van der Waals surface area contributed by atoms with Crippen molar-refractivity contribution in [1.82, 2.24) is 0 Å². The van der Waals surface area contributed by atoms with Crippen molar-refractivity contribution >= 4 is 40.9 Å². The van der Waals surface area contributed by atoms with E-state index in [-0.39, 0.29) is 11.7 Å². The first kappa shape index (κ1) is 14.9. The van der Waals surface area contributed by atoms with E-state index in [9.17, 15) is 9.59 Å². The van der Waals surface area contributed by atoms with Crippen molar-refractivity contribution in [3.63, 3.8) is 0 Å². The molecule has 18 heavy (non-hydrogen) atoms. The number of amides is 1. The van der Waals surface area contributed by atoms with Crippen molar-refractivity contribution in [2.45, 2.75) is 19.1 Å². The largest absolute Gasteiger partial charge is 0.480 e. The molecule has 98 valence electrons. The fourth-order valence-corrected chi connectivity index (χ4v) is 1.94. The highest BCUT2D eigenvalue weighted by Gasteiger charge is 2.13. The Morgan fingerprint density at radius 3 is 2.72 bits per heavy atom. The lowest BCUT2D eigenvalue weighted by Gasteiger charge is -2.08. The maximum Gasteiger partial charge on any atom is 0.316 e. The smallest absolute Gasteiger partial charge is 0.316 e. The first-order valence-corrected chi connectivity index (χ1v) is 6.73. The minimum Gasteiger partial charge on any atom is -0.480 e. The molecule has 1 amide bonds.